The fourth-order valence-electron chi connectivity index (χ4n) is 1.58. The van der Waals surface area contributed by atoms with Crippen LogP contribution in [-0.4, -0.2) is 19.7 Å². The normalized spacial score (nSPS) is 11.3. The van der Waals surface area contributed by atoms with Crippen LogP contribution in [0.25, 0.3) is 0 Å². The van der Waals surface area contributed by atoms with Crippen LogP contribution in [0, 0.1) is 6.92 Å². The molecular weight excluding hydrogens is 254 g/mol. The Kier molecular flexibility index (Phi) is 7.39. The van der Waals surface area contributed by atoms with Gasteiger partial charge >= 0.3 is 5.97 Å². The van der Waals surface area contributed by atoms with Crippen LogP contribution in [0.4, 0.5) is 0 Å². The Bertz CT molecular complexity index is 396. The molecule has 5 heteroatoms. The first-order valence-corrected chi connectivity index (χ1v) is 5.64. The number of halogens is 1. The van der Waals surface area contributed by atoms with E-state index in [0.717, 1.165) is 16.9 Å². The maximum atomic E-state index is 11.3. The standard InChI is InChI=1S/C13H19NO3.ClH/c1-4-17-13(15)8-11(14)10-6-5-9(2)12(7-10)16-3;/h5-7,11H,4,8,14H2,1-3H3;1H/t11-;/m0./s1. The highest BCUT2D eigenvalue weighted by molar-refractivity contribution is 5.85. The summed E-state index contributed by atoms with van der Waals surface area (Å²) in [5.74, 6) is 0.501. The van der Waals surface area contributed by atoms with Crippen LogP contribution >= 0.6 is 12.4 Å². The molecule has 102 valence electrons. The van der Waals surface area contributed by atoms with Crippen LogP contribution in [0.2, 0.25) is 0 Å². The smallest absolute Gasteiger partial charge is 0.307 e. The summed E-state index contributed by atoms with van der Waals surface area (Å²) in [7, 11) is 1.61. The first-order valence-electron chi connectivity index (χ1n) is 5.64. The number of aryl methyl sites for hydroxylation is 1. The Hall–Kier alpha value is -1.26. The molecule has 0 aliphatic rings. The van der Waals surface area contributed by atoms with E-state index in [9.17, 15) is 4.79 Å². The Morgan fingerprint density at radius 3 is 2.67 bits per heavy atom. The van der Waals surface area contributed by atoms with Gasteiger partial charge in [0.15, 0.2) is 0 Å². The number of ether oxygens (including phenoxy) is 2. The molecule has 0 radical (unpaired) electrons. The van der Waals surface area contributed by atoms with Crippen molar-refractivity contribution < 1.29 is 14.3 Å². The van der Waals surface area contributed by atoms with Crippen LogP contribution in [0.5, 0.6) is 5.75 Å². The van der Waals surface area contributed by atoms with Gasteiger partial charge < -0.3 is 15.2 Å². The summed E-state index contributed by atoms with van der Waals surface area (Å²) >= 11 is 0. The maximum Gasteiger partial charge on any atom is 0.307 e. The number of carbonyl (C=O) groups is 1. The number of carbonyl (C=O) groups excluding carboxylic acids is 1. The van der Waals surface area contributed by atoms with Gasteiger partial charge in [-0.25, -0.2) is 0 Å². The van der Waals surface area contributed by atoms with Crippen molar-refractivity contribution in [3.05, 3.63) is 29.3 Å². The van der Waals surface area contributed by atoms with Crippen molar-refractivity contribution in [2.45, 2.75) is 26.3 Å². The highest BCUT2D eigenvalue weighted by Gasteiger charge is 2.13. The molecule has 0 aliphatic heterocycles. The van der Waals surface area contributed by atoms with Gasteiger partial charge in [-0.05, 0) is 31.0 Å². The number of rotatable bonds is 5. The van der Waals surface area contributed by atoms with E-state index in [4.69, 9.17) is 15.2 Å². The predicted molar refractivity (Wildman–Crippen MR) is 73.2 cm³/mol. The van der Waals surface area contributed by atoms with Crippen molar-refractivity contribution in [1.29, 1.82) is 0 Å². The fourth-order valence-corrected chi connectivity index (χ4v) is 1.58. The zero-order valence-corrected chi connectivity index (χ0v) is 11.8. The van der Waals surface area contributed by atoms with Gasteiger partial charge in [-0.3, -0.25) is 4.79 Å². The Morgan fingerprint density at radius 2 is 2.11 bits per heavy atom. The average Bonchev–Trinajstić information content (AvgIpc) is 2.29. The largest absolute Gasteiger partial charge is 0.496 e. The molecule has 1 atom stereocenters. The summed E-state index contributed by atoms with van der Waals surface area (Å²) in [4.78, 5) is 11.3. The lowest BCUT2D eigenvalue weighted by Gasteiger charge is -2.13. The van der Waals surface area contributed by atoms with E-state index in [2.05, 4.69) is 0 Å². The molecule has 4 nitrogen and oxygen atoms in total. The predicted octanol–water partition coefficient (Wildman–Crippen LogP) is 2.38. The number of esters is 1. The van der Waals surface area contributed by atoms with Crippen molar-refractivity contribution in [3.63, 3.8) is 0 Å². The maximum absolute atomic E-state index is 11.3. The molecular formula is C13H20ClNO3. The number of benzene rings is 1. The number of hydrogen-bond donors (Lipinski definition) is 1. The molecule has 0 saturated heterocycles. The third kappa shape index (κ3) is 4.55. The minimum absolute atomic E-state index is 0. The van der Waals surface area contributed by atoms with Gasteiger partial charge in [0, 0.05) is 6.04 Å². The van der Waals surface area contributed by atoms with Crippen LogP contribution in [0.3, 0.4) is 0 Å². The lowest BCUT2D eigenvalue weighted by atomic mass is 10.0. The molecule has 2 N–H and O–H groups in total. The number of nitrogens with two attached hydrogens (primary N) is 1. The molecule has 0 unspecified atom stereocenters. The van der Waals surface area contributed by atoms with Crippen molar-refractivity contribution in [3.8, 4) is 5.75 Å². The minimum Gasteiger partial charge on any atom is -0.496 e. The Labute approximate surface area is 114 Å². The lowest BCUT2D eigenvalue weighted by Crippen LogP contribution is -2.17. The van der Waals surface area contributed by atoms with E-state index >= 15 is 0 Å². The summed E-state index contributed by atoms with van der Waals surface area (Å²) in [5, 5.41) is 0. The van der Waals surface area contributed by atoms with Gasteiger partial charge in [0.05, 0.1) is 20.1 Å². The van der Waals surface area contributed by atoms with Crippen LogP contribution in [-0.2, 0) is 9.53 Å². The lowest BCUT2D eigenvalue weighted by molar-refractivity contribution is -0.143. The summed E-state index contributed by atoms with van der Waals surface area (Å²) in [6.07, 6.45) is 0.181. The Balaban J connectivity index is 0.00000289. The third-order valence-corrected chi connectivity index (χ3v) is 2.55. The first-order chi connectivity index (χ1) is 8.08. The fraction of sp³-hybridized carbons (Fsp3) is 0.462. The second kappa shape index (κ2) is 7.95. The second-order valence-corrected chi connectivity index (χ2v) is 3.84. The van der Waals surface area contributed by atoms with Crippen molar-refractivity contribution >= 4 is 18.4 Å². The van der Waals surface area contributed by atoms with Gasteiger partial charge in [-0.15, -0.1) is 12.4 Å². The summed E-state index contributed by atoms with van der Waals surface area (Å²) < 4.78 is 10.1. The highest BCUT2D eigenvalue weighted by Crippen LogP contribution is 2.23. The molecule has 1 aromatic rings. The summed E-state index contributed by atoms with van der Waals surface area (Å²) in [5.41, 5.74) is 7.86. The van der Waals surface area contributed by atoms with E-state index in [1.54, 1.807) is 14.0 Å². The topological polar surface area (TPSA) is 61.5 Å². The quantitative estimate of drug-likeness (QED) is 0.837. The number of methoxy groups -OCH3 is 1. The molecule has 0 heterocycles. The van der Waals surface area contributed by atoms with E-state index in [0.29, 0.717) is 6.61 Å². The van der Waals surface area contributed by atoms with Crippen molar-refractivity contribution in [1.82, 2.24) is 0 Å². The van der Waals surface area contributed by atoms with Gasteiger partial charge in [0.2, 0.25) is 0 Å². The summed E-state index contributed by atoms with van der Waals surface area (Å²) in [6, 6.07) is 5.34. The zero-order valence-electron chi connectivity index (χ0n) is 10.9. The van der Waals surface area contributed by atoms with Gasteiger partial charge in [0.25, 0.3) is 0 Å². The van der Waals surface area contributed by atoms with E-state index in [1.165, 1.54) is 0 Å². The molecule has 0 fully saturated rings. The van der Waals surface area contributed by atoms with Gasteiger partial charge in [-0.1, -0.05) is 12.1 Å². The third-order valence-electron chi connectivity index (χ3n) is 2.55. The molecule has 1 aromatic carbocycles. The van der Waals surface area contributed by atoms with E-state index < -0.39 is 0 Å². The molecule has 0 amide bonds. The molecule has 0 saturated carbocycles. The summed E-state index contributed by atoms with van der Waals surface area (Å²) in [6.45, 7) is 4.11. The van der Waals surface area contributed by atoms with Crippen LogP contribution in [0.15, 0.2) is 18.2 Å². The van der Waals surface area contributed by atoms with E-state index in [-0.39, 0.29) is 30.8 Å². The molecule has 0 bridgehead atoms. The molecule has 0 aliphatic carbocycles. The molecule has 18 heavy (non-hydrogen) atoms. The second-order valence-electron chi connectivity index (χ2n) is 3.84. The monoisotopic (exact) mass is 273 g/mol. The number of hydrogen-bond acceptors (Lipinski definition) is 4. The first kappa shape index (κ1) is 16.7. The highest BCUT2D eigenvalue weighted by atomic mass is 35.5. The molecule has 0 spiro atoms. The molecule has 0 aromatic heterocycles. The van der Waals surface area contributed by atoms with Crippen LogP contribution in [0.1, 0.15) is 30.5 Å². The average molecular weight is 274 g/mol. The van der Waals surface area contributed by atoms with Crippen molar-refractivity contribution in [2.24, 2.45) is 5.73 Å². The van der Waals surface area contributed by atoms with E-state index in [1.807, 2.05) is 25.1 Å². The van der Waals surface area contributed by atoms with Crippen LogP contribution < -0.4 is 10.5 Å². The molecule has 1 rings (SSSR count). The van der Waals surface area contributed by atoms with Gasteiger partial charge in [0.1, 0.15) is 5.75 Å². The Morgan fingerprint density at radius 1 is 1.44 bits per heavy atom. The zero-order chi connectivity index (χ0) is 12.8. The van der Waals surface area contributed by atoms with Crippen molar-refractivity contribution in [2.75, 3.05) is 13.7 Å². The minimum atomic E-state index is -0.358. The van der Waals surface area contributed by atoms with Gasteiger partial charge in [-0.2, -0.15) is 0 Å². The SMILES string of the molecule is CCOC(=O)C[C@H](N)c1ccc(C)c(OC)c1.Cl.